The number of fused-ring (bicyclic) bond motifs is 1. The first-order valence-corrected chi connectivity index (χ1v) is 8.32. The predicted octanol–water partition coefficient (Wildman–Crippen LogP) is 3.42. The van der Waals surface area contributed by atoms with Crippen LogP contribution >= 0.6 is 0 Å². The zero-order chi connectivity index (χ0) is 12.8. The van der Waals surface area contributed by atoms with Crippen molar-refractivity contribution in [1.29, 1.82) is 0 Å². The van der Waals surface area contributed by atoms with E-state index in [9.17, 15) is 0 Å². The predicted molar refractivity (Wildman–Crippen MR) is 78.9 cm³/mol. The third kappa shape index (κ3) is 3.71. The van der Waals surface area contributed by atoms with E-state index in [1.54, 1.807) is 0 Å². The molecule has 2 nitrogen and oxygen atoms in total. The summed E-state index contributed by atoms with van der Waals surface area (Å²) in [5.41, 5.74) is 0. The van der Waals surface area contributed by atoms with Gasteiger partial charge in [0.1, 0.15) is 0 Å². The summed E-state index contributed by atoms with van der Waals surface area (Å²) in [6.45, 7) is 8.37. The summed E-state index contributed by atoms with van der Waals surface area (Å²) in [6.07, 6.45) is 11.5. The summed E-state index contributed by atoms with van der Waals surface area (Å²) in [4.78, 5) is 2.81. The molecule has 1 heterocycles. The molecule has 0 spiro atoms. The van der Waals surface area contributed by atoms with Crippen LogP contribution in [0.1, 0.15) is 65.2 Å². The monoisotopic (exact) mass is 252 g/mol. The first kappa shape index (κ1) is 14.3. The highest BCUT2D eigenvalue weighted by molar-refractivity contribution is 4.89. The van der Waals surface area contributed by atoms with Crippen LogP contribution in [0.5, 0.6) is 0 Å². The van der Waals surface area contributed by atoms with Crippen LogP contribution in [0.25, 0.3) is 0 Å². The van der Waals surface area contributed by atoms with Crippen LogP contribution in [-0.4, -0.2) is 36.6 Å². The summed E-state index contributed by atoms with van der Waals surface area (Å²) >= 11 is 0. The Kier molecular flexibility index (Phi) is 5.97. The van der Waals surface area contributed by atoms with E-state index in [4.69, 9.17) is 0 Å². The number of hydrogen-bond acceptors (Lipinski definition) is 2. The number of likely N-dealkylation sites (tertiary alicyclic amines) is 1. The highest BCUT2D eigenvalue weighted by atomic mass is 15.2. The van der Waals surface area contributed by atoms with Crippen LogP contribution in [0.3, 0.4) is 0 Å². The van der Waals surface area contributed by atoms with Crippen LogP contribution in [-0.2, 0) is 0 Å². The summed E-state index contributed by atoms with van der Waals surface area (Å²) < 4.78 is 0. The van der Waals surface area contributed by atoms with Gasteiger partial charge in [-0.1, -0.05) is 26.7 Å². The normalized spacial score (nSPS) is 30.3. The Morgan fingerprint density at radius 3 is 2.78 bits per heavy atom. The molecule has 0 aromatic heterocycles. The lowest BCUT2D eigenvalue weighted by molar-refractivity contribution is 0.178. The van der Waals surface area contributed by atoms with Gasteiger partial charge in [0.05, 0.1) is 0 Å². The SMILES string of the molecule is CCNC(CC)CCCN1CCC2CCCCC21. The molecule has 1 N–H and O–H groups in total. The fourth-order valence-electron chi connectivity index (χ4n) is 4.06. The molecule has 2 heteroatoms. The minimum absolute atomic E-state index is 0.750. The van der Waals surface area contributed by atoms with Crippen LogP contribution in [0.15, 0.2) is 0 Å². The number of nitrogens with one attached hydrogen (secondary N) is 1. The topological polar surface area (TPSA) is 15.3 Å². The second-order valence-electron chi connectivity index (χ2n) is 6.24. The first-order valence-electron chi connectivity index (χ1n) is 8.32. The highest BCUT2D eigenvalue weighted by Crippen LogP contribution is 2.36. The molecule has 0 aromatic carbocycles. The van der Waals surface area contributed by atoms with E-state index in [2.05, 4.69) is 24.1 Å². The Labute approximate surface area is 114 Å². The van der Waals surface area contributed by atoms with Crippen LogP contribution in [0, 0.1) is 5.92 Å². The molecule has 2 aliphatic rings. The molecular weight excluding hydrogens is 220 g/mol. The molecule has 2 rings (SSSR count). The van der Waals surface area contributed by atoms with Crippen molar-refractivity contribution in [3.05, 3.63) is 0 Å². The summed E-state index contributed by atoms with van der Waals surface area (Å²) in [5, 5.41) is 3.60. The second kappa shape index (κ2) is 7.49. The van der Waals surface area contributed by atoms with Gasteiger partial charge in [-0.05, 0) is 64.1 Å². The van der Waals surface area contributed by atoms with E-state index < -0.39 is 0 Å². The lowest BCUT2D eigenvalue weighted by Crippen LogP contribution is -2.36. The highest BCUT2D eigenvalue weighted by Gasteiger charge is 2.34. The summed E-state index contributed by atoms with van der Waals surface area (Å²) in [5.74, 6) is 1.05. The molecule has 3 atom stereocenters. The molecule has 3 unspecified atom stereocenters. The molecule has 0 bridgehead atoms. The van der Waals surface area contributed by atoms with Gasteiger partial charge in [0, 0.05) is 12.1 Å². The van der Waals surface area contributed by atoms with Gasteiger partial charge < -0.3 is 10.2 Å². The maximum absolute atomic E-state index is 3.60. The molecular formula is C16H32N2. The fraction of sp³-hybridized carbons (Fsp3) is 1.00. The third-order valence-corrected chi connectivity index (χ3v) is 5.11. The molecule has 0 radical (unpaired) electrons. The number of hydrogen-bond donors (Lipinski definition) is 1. The zero-order valence-electron chi connectivity index (χ0n) is 12.5. The van der Waals surface area contributed by atoms with E-state index in [0.717, 1.165) is 24.5 Å². The maximum atomic E-state index is 3.60. The van der Waals surface area contributed by atoms with Gasteiger partial charge in [0.2, 0.25) is 0 Å². The Hall–Kier alpha value is -0.0800. The van der Waals surface area contributed by atoms with Crippen molar-refractivity contribution in [3.63, 3.8) is 0 Å². The van der Waals surface area contributed by atoms with Gasteiger partial charge in [-0.25, -0.2) is 0 Å². The smallest absolute Gasteiger partial charge is 0.0124 e. The van der Waals surface area contributed by atoms with Crippen molar-refractivity contribution in [2.45, 2.75) is 77.3 Å². The van der Waals surface area contributed by atoms with Gasteiger partial charge in [-0.15, -0.1) is 0 Å². The Balaban J connectivity index is 1.67. The Morgan fingerprint density at radius 1 is 1.17 bits per heavy atom. The average Bonchev–Trinajstić information content (AvgIpc) is 2.81. The van der Waals surface area contributed by atoms with Crippen LogP contribution < -0.4 is 5.32 Å². The number of nitrogens with zero attached hydrogens (tertiary/aromatic N) is 1. The standard InChI is InChI=1S/C16H32N2/c1-3-15(17-4-2)9-7-12-18-13-11-14-8-5-6-10-16(14)18/h14-17H,3-13H2,1-2H3. The fourth-order valence-corrected chi connectivity index (χ4v) is 4.06. The molecule has 1 saturated carbocycles. The van der Waals surface area contributed by atoms with Crippen molar-refractivity contribution in [3.8, 4) is 0 Å². The van der Waals surface area contributed by atoms with E-state index in [1.807, 2.05) is 0 Å². The van der Waals surface area contributed by atoms with Crippen LogP contribution in [0.4, 0.5) is 0 Å². The maximum Gasteiger partial charge on any atom is 0.0124 e. The molecule has 0 aromatic rings. The van der Waals surface area contributed by atoms with Gasteiger partial charge >= 0.3 is 0 Å². The average molecular weight is 252 g/mol. The first-order chi connectivity index (χ1) is 8.85. The lowest BCUT2D eigenvalue weighted by Gasteiger charge is -2.32. The van der Waals surface area contributed by atoms with E-state index in [-0.39, 0.29) is 0 Å². The van der Waals surface area contributed by atoms with Crippen molar-refractivity contribution < 1.29 is 0 Å². The van der Waals surface area contributed by atoms with E-state index in [0.29, 0.717) is 0 Å². The summed E-state index contributed by atoms with van der Waals surface area (Å²) in [6, 6.07) is 1.71. The molecule has 0 amide bonds. The van der Waals surface area contributed by atoms with Gasteiger partial charge in [-0.2, -0.15) is 0 Å². The molecule has 2 fully saturated rings. The molecule has 1 aliphatic carbocycles. The lowest BCUT2D eigenvalue weighted by atomic mass is 9.85. The quantitative estimate of drug-likeness (QED) is 0.747. The van der Waals surface area contributed by atoms with Gasteiger partial charge in [-0.3, -0.25) is 0 Å². The van der Waals surface area contributed by atoms with Gasteiger partial charge in [0.25, 0.3) is 0 Å². The molecule has 1 aliphatic heterocycles. The Bertz CT molecular complexity index is 229. The van der Waals surface area contributed by atoms with Crippen molar-refractivity contribution >= 4 is 0 Å². The largest absolute Gasteiger partial charge is 0.314 e. The van der Waals surface area contributed by atoms with Crippen molar-refractivity contribution in [2.24, 2.45) is 5.92 Å². The minimum Gasteiger partial charge on any atom is -0.314 e. The van der Waals surface area contributed by atoms with Crippen molar-refractivity contribution in [1.82, 2.24) is 10.2 Å². The van der Waals surface area contributed by atoms with Crippen molar-refractivity contribution in [2.75, 3.05) is 19.6 Å². The summed E-state index contributed by atoms with van der Waals surface area (Å²) in [7, 11) is 0. The van der Waals surface area contributed by atoms with E-state index in [1.165, 1.54) is 64.5 Å². The second-order valence-corrected chi connectivity index (χ2v) is 6.24. The molecule has 106 valence electrons. The van der Waals surface area contributed by atoms with Crippen LogP contribution in [0.2, 0.25) is 0 Å². The van der Waals surface area contributed by atoms with Gasteiger partial charge in [0.15, 0.2) is 0 Å². The molecule has 18 heavy (non-hydrogen) atoms. The minimum atomic E-state index is 0.750. The number of rotatable bonds is 7. The Morgan fingerprint density at radius 2 is 2.00 bits per heavy atom. The third-order valence-electron chi connectivity index (χ3n) is 5.11. The zero-order valence-corrected chi connectivity index (χ0v) is 12.5. The molecule has 1 saturated heterocycles. The van der Waals surface area contributed by atoms with E-state index >= 15 is 0 Å².